The van der Waals surface area contributed by atoms with Crippen LogP contribution in [0.3, 0.4) is 0 Å². The highest BCUT2D eigenvalue weighted by Crippen LogP contribution is 2.55. The summed E-state index contributed by atoms with van der Waals surface area (Å²) in [5.74, 6) is 2.23. The average Bonchev–Trinajstić information content (AvgIpc) is 2.95. The molecule has 0 radical (unpaired) electrons. The number of carbonyl (C=O) groups excluding carboxylic acids is 2. The van der Waals surface area contributed by atoms with Crippen molar-refractivity contribution < 1.29 is 9.59 Å². The Kier molecular flexibility index (Phi) is 4.11. The van der Waals surface area contributed by atoms with Gasteiger partial charge in [0.2, 0.25) is 12.2 Å². The number of hydrogen-bond donors (Lipinski definition) is 0. The monoisotopic (exact) mass is 248 g/mol. The van der Waals surface area contributed by atoms with Gasteiger partial charge in [-0.15, -0.1) is 0 Å². The molecule has 2 bridgehead atoms. The second kappa shape index (κ2) is 5.60. The molecule has 0 spiro atoms. The topological polar surface area (TPSA) is 58.9 Å². The van der Waals surface area contributed by atoms with E-state index in [1.807, 2.05) is 6.92 Å². The Morgan fingerprint density at radius 3 is 2.33 bits per heavy atom. The summed E-state index contributed by atoms with van der Waals surface area (Å²) >= 11 is 0. The number of nitrogens with zero attached hydrogens (tertiary/aromatic N) is 2. The van der Waals surface area contributed by atoms with E-state index in [4.69, 9.17) is 0 Å². The van der Waals surface area contributed by atoms with Crippen LogP contribution in [0.2, 0.25) is 0 Å². The van der Waals surface area contributed by atoms with Gasteiger partial charge in [0.25, 0.3) is 0 Å². The van der Waals surface area contributed by atoms with E-state index < -0.39 is 0 Å². The molecule has 2 saturated carbocycles. The first-order valence-electron chi connectivity index (χ1n) is 6.85. The summed E-state index contributed by atoms with van der Waals surface area (Å²) in [5.41, 5.74) is 0. The van der Waals surface area contributed by atoms with Crippen molar-refractivity contribution >= 4 is 12.2 Å². The molecule has 0 amide bonds. The smallest absolute Gasteiger partial charge is 0.211 e. The quantitative estimate of drug-likeness (QED) is 0.554. The summed E-state index contributed by atoms with van der Waals surface area (Å²) in [7, 11) is 0. The fraction of sp³-hybridized carbons (Fsp3) is 0.857. The van der Waals surface area contributed by atoms with Crippen molar-refractivity contribution in [2.45, 2.75) is 51.6 Å². The van der Waals surface area contributed by atoms with Gasteiger partial charge in [0.05, 0.1) is 12.1 Å². The molecule has 2 aliphatic rings. The largest absolute Gasteiger partial charge is 0.235 e. The molecule has 0 aromatic carbocycles. The van der Waals surface area contributed by atoms with Gasteiger partial charge in [-0.3, -0.25) is 0 Å². The van der Waals surface area contributed by atoms with Gasteiger partial charge in [-0.2, -0.15) is 0 Å². The Balaban J connectivity index is 2.12. The highest BCUT2D eigenvalue weighted by molar-refractivity contribution is 5.34. The normalized spacial score (nSPS) is 36.6. The molecule has 0 aromatic heterocycles. The minimum absolute atomic E-state index is 0.0537. The summed E-state index contributed by atoms with van der Waals surface area (Å²) in [6, 6.07) is 0.158. The Labute approximate surface area is 108 Å². The van der Waals surface area contributed by atoms with Crippen molar-refractivity contribution in [1.82, 2.24) is 0 Å². The maximum absolute atomic E-state index is 10.5. The summed E-state index contributed by atoms with van der Waals surface area (Å²) in [4.78, 5) is 28.7. The number of hydrogen-bond acceptors (Lipinski definition) is 4. The minimum Gasteiger partial charge on any atom is -0.211 e. The van der Waals surface area contributed by atoms with Gasteiger partial charge < -0.3 is 0 Å². The van der Waals surface area contributed by atoms with E-state index in [-0.39, 0.29) is 12.1 Å². The zero-order valence-corrected chi connectivity index (χ0v) is 11.0. The Morgan fingerprint density at radius 2 is 1.78 bits per heavy atom. The molecule has 0 aromatic rings. The van der Waals surface area contributed by atoms with Gasteiger partial charge >= 0.3 is 0 Å². The van der Waals surface area contributed by atoms with Crippen LogP contribution in [0.1, 0.15) is 39.5 Å². The Bertz CT molecular complexity index is 397. The van der Waals surface area contributed by atoms with Gasteiger partial charge in [0.1, 0.15) is 0 Å². The first-order valence-corrected chi connectivity index (χ1v) is 6.85. The SMILES string of the molecule is CCC(N=C=O)C1CC2CC(C(C)N=C=O)C1C2. The Hall–Kier alpha value is -1.24. The fourth-order valence-electron chi connectivity index (χ4n) is 4.19. The van der Waals surface area contributed by atoms with E-state index in [2.05, 4.69) is 16.9 Å². The molecular formula is C14H20N2O2. The summed E-state index contributed by atoms with van der Waals surface area (Å²) < 4.78 is 0. The van der Waals surface area contributed by atoms with Gasteiger partial charge in [-0.05, 0) is 56.3 Å². The molecule has 2 fully saturated rings. The lowest BCUT2D eigenvalue weighted by atomic mass is 9.74. The molecule has 0 heterocycles. The minimum atomic E-state index is 0.0537. The molecule has 0 aliphatic heterocycles. The number of rotatable bonds is 5. The zero-order valence-electron chi connectivity index (χ0n) is 11.0. The third-order valence-corrected chi connectivity index (χ3v) is 4.92. The van der Waals surface area contributed by atoms with Crippen molar-refractivity contribution in [2.75, 3.05) is 0 Å². The molecular weight excluding hydrogens is 228 g/mol. The maximum Gasteiger partial charge on any atom is 0.235 e. The van der Waals surface area contributed by atoms with Crippen molar-refractivity contribution in [2.24, 2.45) is 33.7 Å². The van der Waals surface area contributed by atoms with Crippen LogP contribution in [0.15, 0.2) is 9.98 Å². The zero-order chi connectivity index (χ0) is 13.1. The first kappa shape index (κ1) is 13.2. The van der Waals surface area contributed by atoms with Crippen LogP contribution >= 0.6 is 0 Å². The molecule has 6 unspecified atom stereocenters. The van der Waals surface area contributed by atoms with E-state index in [0.717, 1.165) is 18.8 Å². The Morgan fingerprint density at radius 1 is 1.11 bits per heavy atom. The summed E-state index contributed by atoms with van der Waals surface area (Å²) in [6.07, 6.45) is 7.82. The van der Waals surface area contributed by atoms with E-state index in [1.54, 1.807) is 12.2 Å². The third kappa shape index (κ3) is 2.31. The van der Waals surface area contributed by atoms with E-state index in [0.29, 0.717) is 17.8 Å². The predicted octanol–water partition coefficient (Wildman–Crippen LogP) is 2.49. The average molecular weight is 248 g/mol. The highest BCUT2D eigenvalue weighted by atomic mass is 16.1. The summed E-state index contributed by atoms with van der Waals surface area (Å²) in [6.45, 7) is 4.07. The first-order chi connectivity index (χ1) is 8.71. The van der Waals surface area contributed by atoms with Gasteiger partial charge in [0.15, 0.2) is 0 Å². The van der Waals surface area contributed by atoms with Gasteiger partial charge in [0, 0.05) is 0 Å². The van der Waals surface area contributed by atoms with Crippen LogP contribution in [0.4, 0.5) is 0 Å². The van der Waals surface area contributed by atoms with Crippen molar-refractivity contribution in [3.8, 4) is 0 Å². The van der Waals surface area contributed by atoms with Crippen LogP contribution in [0, 0.1) is 23.7 Å². The molecule has 4 heteroatoms. The maximum atomic E-state index is 10.5. The number of fused-ring (bicyclic) bond motifs is 2. The fourth-order valence-corrected chi connectivity index (χ4v) is 4.19. The molecule has 2 aliphatic carbocycles. The molecule has 0 N–H and O–H groups in total. The second-order valence-corrected chi connectivity index (χ2v) is 5.72. The van der Waals surface area contributed by atoms with E-state index >= 15 is 0 Å². The van der Waals surface area contributed by atoms with Crippen LogP contribution in [0.25, 0.3) is 0 Å². The molecule has 6 atom stereocenters. The van der Waals surface area contributed by atoms with Crippen molar-refractivity contribution in [3.63, 3.8) is 0 Å². The number of isocyanates is 2. The van der Waals surface area contributed by atoms with Gasteiger partial charge in [-0.1, -0.05) is 6.92 Å². The molecule has 4 nitrogen and oxygen atoms in total. The van der Waals surface area contributed by atoms with Crippen LogP contribution in [-0.2, 0) is 9.59 Å². The summed E-state index contributed by atoms with van der Waals surface area (Å²) in [5, 5.41) is 0. The van der Waals surface area contributed by atoms with Crippen molar-refractivity contribution in [1.29, 1.82) is 0 Å². The van der Waals surface area contributed by atoms with Crippen LogP contribution in [-0.4, -0.2) is 24.2 Å². The predicted molar refractivity (Wildman–Crippen MR) is 67.6 cm³/mol. The van der Waals surface area contributed by atoms with Gasteiger partial charge in [-0.25, -0.2) is 19.6 Å². The molecule has 18 heavy (non-hydrogen) atoms. The molecule has 0 saturated heterocycles. The van der Waals surface area contributed by atoms with Crippen LogP contribution in [0.5, 0.6) is 0 Å². The lowest BCUT2D eigenvalue weighted by Crippen LogP contribution is -2.33. The third-order valence-electron chi connectivity index (χ3n) is 4.92. The lowest BCUT2D eigenvalue weighted by molar-refractivity contribution is 0.186. The lowest BCUT2D eigenvalue weighted by Gasteiger charge is -2.33. The van der Waals surface area contributed by atoms with Crippen LogP contribution < -0.4 is 0 Å². The molecule has 98 valence electrons. The second-order valence-electron chi connectivity index (χ2n) is 5.72. The standard InChI is InChI=1S/C14H20N2O2/c1-3-14(16-8-18)13-6-10-4-11(12(13)5-10)9(2)15-7-17/h9-14H,3-6H2,1-2H3. The highest BCUT2D eigenvalue weighted by Gasteiger charge is 2.49. The molecule has 2 rings (SSSR count). The van der Waals surface area contributed by atoms with Crippen molar-refractivity contribution in [3.05, 3.63) is 0 Å². The van der Waals surface area contributed by atoms with E-state index in [9.17, 15) is 9.59 Å². The van der Waals surface area contributed by atoms with E-state index in [1.165, 1.54) is 12.8 Å². The number of aliphatic imine (C=N–C) groups is 2.